The van der Waals surface area contributed by atoms with E-state index in [2.05, 4.69) is 15.8 Å². The number of nitrogens with one attached hydrogen (secondary N) is 2. The molecule has 0 unspecified atom stereocenters. The first kappa shape index (κ1) is 18.3. The molecule has 1 saturated heterocycles. The van der Waals surface area contributed by atoms with Crippen molar-refractivity contribution in [3.8, 4) is 0 Å². The minimum absolute atomic E-state index is 0.0451. The molecule has 2 aromatic carbocycles. The summed E-state index contributed by atoms with van der Waals surface area (Å²) < 4.78 is 13.6. The van der Waals surface area contributed by atoms with Crippen molar-refractivity contribution in [2.75, 3.05) is 4.90 Å². The molecule has 0 radical (unpaired) electrons. The number of anilines is 1. The summed E-state index contributed by atoms with van der Waals surface area (Å²) in [5.41, 5.74) is 2.38. The molecule has 0 bridgehead atoms. The van der Waals surface area contributed by atoms with E-state index in [0.717, 1.165) is 12.3 Å². The van der Waals surface area contributed by atoms with E-state index in [-0.39, 0.29) is 10.7 Å². The third kappa shape index (κ3) is 3.87. The number of nitrogens with zero attached hydrogens (tertiary/aromatic N) is 2. The molecule has 0 aliphatic carbocycles. The lowest BCUT2D eigenvalue weighted by Gasteiger charge is -2.30. The summed E-state index contributed by atoms with van der Waals surface area (Å²) >= 11 is 5.07. The summed E-state index contributed by atoms with van der Waals surface area (Å²) in [6, 6.07) is 13.9. The van der Waals surface area contributed by atoms with Gasteiger partial charge >= 0.3 is 0 Å². The summed E-state index contributed by atoms with van der Waals surface area (Å²) in [5.74, 6) is -4.08. The quantitative estimate of drug-likeness (QED) is 0.363. The van der Waals surface area contributed by atoms with E-state index in [4.69, 9.17) is 12.2 Å². The summed E-state index contributed by atoms with van der Waals surface area (Å²) in [7, 11) is 0. The molecule has 7 nitrogen and oxygen atoms in total. The van der Waals surface area contributed by atoms with Gasteiger partial charge in [0.15, 0.2) is 11.0 Å². The number of halogens is 1. The second-order valence-corrected chi connectivity index (χ2v) is 5.87. The van der Waals surface area contributed by atoms with Gasteiger partial charge in [-0.1, -0.05) is 30.3 Å². The Hall–Kier alpha value is -3.46. The predicted octanol–water partition coefficient (Wildman–Crippen LogP) is 1.61. The van der Waals surface area contributed by atoms with Crippen LogP contribution in [0.3, 0.4) is 0 Å². The van der Waals surface area contributed by atoms with Crippen molar-refractivity contribution in [2.24, 2.45) is 11.0 Å². The average molecular weight is 384 g/mol. The van der Waals surface area contributed by atoms with E-state index in [1.165, 1.54) is 23.1 Å². The molecule has 1 fully saturated rings. The number of hydrazone groups is 1. The molecule has 0 saturated carbocycles. The van der Waals surface area contributed by atoms with Crippen molar-refractivity contribution in [1.82, 2.24) is 10.7 Å². The largest absolute Gasteiger partial charge is 0.301 e. The Kier molecular flexibility index (Phi) is 5.32. The van der Waals surface area contributed by atoms with Crippen LogP contribution in [0.1, 0.15) is 10.4 Å². The number of hydrogen-bond acceptors (Lipinski definition) is 5. The van der Waals surface area contributed by atoms with Gasteiger partial charge in [-0.2, -0.15) is 5.10 Å². The zero-order valence-electron chi connectivity index (χ0n) is 13.8. The van der Waals surface area contributed by atoms with Gasteiger partial charge in [-0.05, 0) is 36.5 Å². The van der Waals surface area contributed by atoms with Crippen LogP contribution < -0.4 is 15.6 Å². The molecule has 2 aromatic rings. The van der Waals surface area contributed by atoms with Crippen LogP contribution in [0, 0.1) is 11.7 Å². The summed E-state index contributed by atoms with van der Waals surface area (Å²) in [4.78, 5) is 37.8. The standard InChI is InChI=1S/C18H13FN4O3S/c19-14-9-5-4-8-12(14)16(25)22-20-10-13-15(24)21-18(27)23(17(13)26)11-6-2-1-3-7-11/h1-10,13H,(H,22,25)(H,21,24,27)/b20-10-/t13-/m0/s1. The minimum atomic E-state index is -1.29. The van der Waals surface area contributed by atoms with Gasteiger partial charge in [-0.25, -0.2) is 9.82 Å². The molecule has 0 spiro atoms. The molecular weight excluding hydrogens is 371 g/mol. The van der Waals surface area contributed by atoms with Crippen LogP contribution >= 0.6 is 12.2 Å². The summed E-state index contributed by atoms with van der Waals surface area (Å²) in [6.45, 7) is 0. The first-order valence-corrected chi connectivity index (χ1v) is 8.22. The van der Waals surface area contributed by atoms with Crippen LogP contribution in [0.5, 0.6) is 0 Å². The highest BCUT2D eigenvalue weighted by Crippen LogP contribution is 2.19. The molecule has 0 aromatic heterocycles. The van der Waals surface area contributed by atoms with E-state index >= 15 is 0 Å². The van der Waals surface area contributed by atoms with Crippen LogP contribution in [0.2, 0.25) is 0 Å². The smallest absolute Gasteiger partial charge is 0.274 e. The number of amides is 3. The second-order valence-electron chi connectivity index (χ2n) is 5.48. The van der Waals surface area contributed by atoms with Crippen LogP contribution in [-0.2, 0) is 9.59 Å². The number of carbonyl (C=O) groups excluding carboxylic acids is 3. The number of carbonyl (C=O) groups is 3. The summed E-state index contributed by atoms with van der Waals surface area (Å²) in [6.07, 6.45) is 0.980. The lowest BCUT2D eigenvalue weighted by Crippen LogP contribution is -2.58. The Morgan fingerprint density at radius 2 is 1.81 bits per heavy atom. The molecule has 2 N–H and O–H groups in total. The molecule has 3 amide bonds. The van der Waals surface area contributed by atoms with Crippen LogP contribution in [0.15, 0.2) is 59.7 Å². The van der Waals surface area contributed by atoms with Gasteiger partial charge in [0.25, 0.3) is 11.8 Å². The van der Waals surface area contributed by atoms with E-state index < -0.39 is 29.5 Å². The first-order valence-electron chi connectivity index (χ1n) is 7.81. The van der Waals surface area contributed by atoms with Crippen LogP contribution in [0.4, 0.5) is 10.1 Å². The summed E-state index contributed by atoms with van der Waals surface area (Å²) in [5, 5.41) is 6.00. The maximum atomic E-state index is 13.6. The third-order valence-electron chi connectivity index (χ3n) is 3.72. The highest BCUT2D eigenvalue weighted by Gasteiger charge is 2.38. The fraction of sp³-hybridized carbons (Fsp3) is 0.0556. The number of para-hydroxylation sites is 1. The van der Waals surface area contributed by atoms with E-state index in [1.54, 1.807) is 30.3 Å². The van der Waals surface area contributed by atoms with Crippen LogP contribution in [-0.4, -0.2) is 29.0 Å². The molecule has 1 heterocycles. The highest BCUT2D eigenvalue weighted by molar-refractivity contribution is 7.80. The number of thiocarbonyl (C=S) groups is 1. The SMILES string of the molecule is O=C(N/N=C\[C@H]1C(=O)NC(=S)N(c2ccccc2)C1=O)c1ccccc1F. The molecule has 3 rings (SSSR count). The number of benzene rings is 2. The van der Waals surface area contributed by atoms with Crippen LogP contribution in [0.25, 0.3) is 0 Å². The molecule has 27 heavy (non-hydrogen) atoms. The van der Waals surface area contributed by atoms with Gasteiger partial charge in [0.2, 0.25) is 5.91 Å². The topological polar surface area (TPSA) is 90.9 Å². The monoisotopic (exact) mass is 384 g/mol. The molecule has 9 heteroatoms. The Morgan fingerprint density at radius 3 is 2.52 bits per heavy atom. The Balaban J connectivity index is 1.75. The Labute approximate surface area is 158 Å². The maximum Gasteiger partial charge on any atom is 0.274 e. The van der Waals surface area contributed by atoms with Crippen molar-refractivity contribution >= 4 is 47.0 Å². The highest BCUT2D eigenvalue weighted by atomic mass is 32.1. The van der Waals surface area contributed by atoms with Crippen molar-refractivity contribution < 1.29 is 18.8 Å². The van der Waals surface area contributed by atoms with Crippen molar-refractivity contribution in [1.29, 1.82) is 0 Å². The molecule has 136 valence electrons. The minimum Gasteiger partial charge on any atom is -0.301 e. The Bertz CT molecular complexity index is 949. The number of rotatable bonds is 4. The lowest BCUT2D eigenvalue weighted by atomic mass is 10.1. The lowest BCUT2D eigenvalue weighted by molar-refractivity contribution is -0.130. The molecular formula is C18H13FN4O3S. The van der Waals surface area contributed by atoms with E-state index in [0.29, 0.717) is 5.69 Å². The predicted molar refractivity (Wildman–Crippen MR) is 101 cm³/mol. The van der Waals surface area contributed by atoms with Gasteiger partial charge in [-0.15, -0.1) is 0 Å². The molecule has 1 aliphatic heterocycles. The zero-order chi connectivity index (χ0) is 19.4. The fourth-order valence-corrected chi connectivity index (χ4v) is 2.72. The maximum absolute atomic E-state index is 13.6. The fourth-order valence-electron chi connectivity index (χ4n) is 2.42. The van der Waals surface area contributed by atoms with Gasteiger partial charge in [0, 0.05) is 6.21 Å². The first-order chi connectivity index (χ1) is 13.0. The van der Waals surface area contributed by atoms with E-state index in [1.807, 2.05) is 0 Å². The normalized spacial score (nSPS) is 17.1. The zero-order valence-corrected chi connectivity index (χ0v) is 14.6. The van der Waals surface area contributed by atoms with Crippen molar-refractivity contribution in [3.63, 3.8) is 0 Å². The second kappa shape index (κ2) is 7.83. The van der Waals surface area contributed by atoms with Gasteiger partial charge in [-0.3, -0.25) is 19.3 Å². The van der Waals surface area contributed by atoms with Gasteiger partial charge < -0.3 is 5.32 Å². The average Bonchev–Trinajstić information content (AvgIpc) is 2.65. The van der Waals surface area contributed by atoms with E-state index in [9.17, 15) is 18.8 Å². The van der Waals surface area contributed by atoms with Crippen molar-refractivity contribution in [3.05, 3.63) is 66.0 Å². The molecule has 1 atom stereocenters. The van der Waals surface area contributed by atoms with Crippen molar-refractivity contribution in [2.45, 2.75) is 0 Å². The van der Waals surface area contributed by atoms with Gasteiger partial charge in [0.05, 0.1) is 11.3 Å². The molecule has 1 aliphatic rings. The number of hydrogen-bond donors (Lipinski definition) is 2. The van der Waals surface area contributed by atoms with Gasteiger partial charge in [0.1, 0.15) is 5.82 Å². The third-order valence-corrected chi connectivity index (χ3v) is 4.01. The Morgan fingerprint density at radius 1 is 1.15 bits per heavy atom.